The van der Waals surface area contributed by atoms with Gasteiger partial charge in [-0.1, -0.05) is 29.8 Å². The summed E-state index contributed by atoms with van der Waals surface area (Å²) in [5.74, 6) is 0. The first-order valence-corrected chi connectivity index (χ1v) is 5.91. The largest absolute Gasteiger partial charge is 0.328 e. The van der Waals surface area contributed by atoms with Crippen LogP contribution in [0.1, 0.15) is 16.7 Å². The minimum atomic E-state index is -0.556. The van der Waals surface area contributed by atoms with E-state index < -0.39 is 11.2 Å². The van der Waals surface area contributed by atoms with E-state index in [0.717, 1.165) is 16.7 Å². The third kappa shape index (κ3) is 2.38. The molecule has 2 aromatic rings. The van der Waals surface area contributed by atoms with E-state index in [1.807, 2.05) is 32.0 Å². The lowest BCUT2D eigenvalue weighted by molar-refractivity contribution is 0.714. The monoisotopic (exact) mass is 264 g/mol. The molecule has 0 saturated carbocycles. The van der Waals surface area contributed by atoms with E-state index in [2.05, 4.69) is 4.98 Å². The molecule has 0 bridgehead atoms. The Morgan fingerprint density at radius 3 is 2.44 bits per heavy atom. The number of nitrogens with one attached hydrogen (secondary N) is 1. The summed E-state index contributed by atoms with van der Waals surface area (Å²) in [4.78, 5) is 25.0. The van der Waals surface area contributed by atoms with Crippen LogP contribution in [-0.2, 0) is 6.54 Å². The Morgan fingerprint density at radius 2 is 1.83 bits per heavy atom. The Hall–Kier alpha value is -1.81. The number of nitrogens with zero attached hydrogens (tertiary/aromatic N) is 1. The van der Waals surface area contributed by atoms with E-state index in [1.165, 1.54) is 10.8 Å². The molecule has 94 valence electrons. The summed E-state index contributed by atoms with van der Waals surface area (Å²) in [6.07, 6.45) is 1.37. The normalized spacial score (nSPS) is 10.6. The average Bonchev–Trinajstić information content (AvgIpc) is 2.30. The van der Waals surface area contributed by atoms with E-state index in [-0.39, 0.29) is 5.02 Å². The van der Waals surface area contributed by atoms with Crippen molar-refractivity contribution in [3.05, 3.63) is 66.9 Å². The molecule has 0 amide bonds. The van der Waals surface area contributed by atoms with E-state index >= 15 is 0 Å². The zero-order valence-electron chi connectivity index (χ0n) is 10.2. The van der Waals surface area contributed by atoms with Gasteiger partial charge in [-0.3, -0.25) is 14.3 Å². The summed E-state index contributed by atoms with van der Waals surface area (Å²) in [5.41, 5.74) is 2.25. The third-order valence-electron chi connectivity index (χ3n) is 2.94. The molecule has 0 fully saturated rings. The highest BCUT2D eigenvalue weighted by Gasteiger charge is 2.06. The van der Waals surface area contributed by atoms with Gasteiger partial charge in [0.05, 0.1) is 6.54 Å². The maximum atomic E-state index is 11.7. The van der Waals surface area contributed by atoms with Crippen LogP contribution < -0.4 is 11.2 Å². The second-order valence-electron chi connectivity index (χ2n) is 4.23. The number of halogens is 1. The van der Waals surface area contributed by atoms with Crippen LogP contribution in [0.2, 0.25) is 5.02 Å². The standard InChI is InChI=1S/C13H13ClN2O2/c1-8-4-3-5-9(2)10(8)6-16-7-11(14)12(17)15-13(16)18/h3-5,7H,6H2,1-2H3,(H,15,17,18). The molecular weight excluding hydrogens is 252 g/mol. The van der Waals surface area contributed by atoms with E-state index in [9.17, 15) is 9.59 Å². The topological polar surface area (TPSA) is 54.9 Å². The Bertz CT molecular complexity index is 681. The van der Waals surface area contributed by atoms with Crippen molar-refractivity contribution in [2.45, 2.75) is 20.4 Å². The molecule has 0 aliphatic heterocycles. The first kappa shape index (κ1) is 12.6. The number of hydrogen-bond acceptors (Lipinski definition) is 2. The molecule has 18 heavy (non-hydrogen) atoms. The van der Waals surface area contributed by atoms with Crippen LogP contribution in [0.4, 0.5) is 0 Å². The van der Waals surface area contributed by atoms with Gasteiger partial charge in [0.2, 0.25) is 0 Å². The van der Waals surface area contributed by atoms with E-state index in [4.69, 9.17) is 11.6 Å². The Balaban J connectivity index is 2.50. The molecule has 1 heterocycles. The molecule has 4 nitrogen and oxygen atoms in total. The summed E-state index contributed by atoms with van der Waals surface area (Å²) in [5, 5.41) is 0.0147. The minimum absolute atomic E-state index is 0.0147. The molecule has 1 N–H and O–H groups in total. The van der Waals surface area contributed by atoms with Crippen LogP contribution in [-0.4, -0.2) is 9.55 Å². The number of rotatable bonds is 2. The number of aryl methyl sites for hydroxylation is 2. The molecule has 0 aliphatic rings. The summed E-state index contributed by atoms with van der Waals surface area (Å²) in [7, 11) is 0. The number of benzene rings is 1. The van der Waals surface area contributed by atoms with Crippen molar-refractivity contribution in [2.24, 2.45) is 0 Å². The molecule has 0 spiro atoms. The lowest BCUT2D eigenvalue weighted by Gasteiger charge is -2.11. The molecule has 1 aromatic heterocycles. The fourth-order valence-corrected chi connectivity index (χ4v) is 2.03. The molecule has 0 atom stereocenters. The zero-order chi connectivity index (χ0) is 13.3. The highest BCUT2D eigenvalue weighted by atomic mass is 35.5. The van der Waals surface area contributed by atoms with Crippen LogP contribution in [0, 0.1) is 13.8 Å². The maximum Gasteiger partial charge on any atom is 0.328 e. The van der Waals surface area contributed by atoms with E-state index in [0.29, 0.717) is 6.54 Å². The summed E-state index contributed by atoms with van der Waals surface area (Å²) in [6.45, 7) is 4.37. The molecule has 0 aliphatic carbocycles. The van der Waals surface area contributed by atoms with Gasteiger partial charge in [-0.2, -0.15) is 0 Å². The second-order valence-corrected chi connectivity index (χ2v) is 4.64. The van der Waals surface area contributed by atoms with Gasteiger partial charge in [-0.15, -0.1) is 0 Å². The fourth-order valence-electron chi connectivity index (χ4n) is 1.87. The second kappa shape index (κ2) is 4.82. The van der Waals surface area contributed by atoms with Gasteiger partial charge in [0.15, 0.2) is 0 Å². The molecule has 5 heteroatoms. The first-order chi connectivity index (χ1) is 8.49. The van der Waals surface area contributed by atoms with Crippen LogP contribution in [0.15, 0.2) is 34.0 Å². The highest BCUT2D eigenvalue weighted by molar-refractivity contribution is 6.30. The van der Waals surface area contributed by atoms with E-state index in [1.54, 1.807) is 0 Å². The molecule has 0 radical (unpaired) electrons. The van der Waals surface area contributed by atoms with Crippen molar-refractivity contribution in [3.63, 3.8) is 0 Å². The van der Waals surface area contributed by atoms with Crippen molar-refractivity contribution in [1.82, 2.24) is 9.55 Å². The van der Waals surface area contributed by atoms with Crippen LogP contribution in [0.3, 0.4) is 0 Å². The lowest BCUT2D eigenvalue weighted by atomic mass is 10.0. The Morgan fingerprint density at radius 1 is 1.22 bits per heavy atom. The first-order valence-electron chi connectivity index (χ1n) is 5.53. The van der Waals surface area contributed by atoms with Gasteiger partial charge < -0.3 is 0 Å². The molecule has 1 aromatic carbocycles. The van der Waals surface area contributed by atoms with Crippen molar-refractivity contribution in [3.8, 4) is 0 Å². The Labute approximate surface area is 109 Å². The highest BCUT2D eigenvalue weighted by Crippen LogP contribution is 2.14. The predicted octanol–water partition coefficient (Wildman–Crippen LogP) is 1.86. The molecule has 0 unspecified atom stereocenters. The van der Waals surface area contributed by atoms with Crippen molar-refractivity contribution >= 4 is 11.6 Å². The van der Waals surface area contributed by atoms with Gasteiger partial charge in [0.25, 0.3) is 5.56 Å². The Kier molecular flexibility index (Phi) is 3.39. The van der Waals surface area contributed by atoms with Gasteiger partial charge in [-0.05, 0) is 30.5 Å². The van der Waals surface area contributed by atoms with Crippen molar-refractivity contribution in [1.29, 1.82) is 0 Å². The zero-order valence-corrected chi connectivity index (χ0v) is 10.9. The average molecular weight is 265 g/mol. The predicted molar refractivity (Wildman–Crippen MR) is 71.4 cm³/mol. The maximum absolute atomic E-state index is 11.7. The summed E-state index contributed by atoms with van der Waals surface area (Å²) >= 11 is 5.73. The lowest BCUT2D eigenvalue weighted by Crippen LogP contribution is -2.30. The quantitative estimate of drug-likeness (QED) is 0.900. The molecule has 0 saturated heterocycles. The fraction of sp³-hybridized carbons (Fsp3) is 0.231. The summed E-state index contributed by atoms with van der Waals surface area (Å²) in [6, 6.07) is 5.94. The third-order valence-corrected chi connectivity index (χ3v) is 3.21. The van der Waals surface area contributed by atoms with Crippen LogP contribution in [0.5, 0.6) is 0 Å². The van der Waals surface area contributed by atoms with Gasteiger partial charge >= 0.3 is 5.69 Å². The van der Waals surface area contributed by atoms with Gasteiger partial charge in [0.1, 0.15) is 5.02 Å². The minimum Gasteiger partial charge on any atom is -0.295 e. The van der Waals surface area contributed by atoms with Gasteiger partial charge in [0, 0.05) is 6.20 Å². The smallest absolute Gasteiger partial charge is 0.295 e. The molecular formula is C13H13ClN2O2. The molecule has 2 rings (SSSR count). The SMILES string of the molecule is Cc1cccc(C)c1Cn1cc(Cl)c(=O)[nH]c1=O. The van der Waals surface area contributed by atoms with Crippen molar-refractivity contribution < 1.29 is 0 Å². The van der Waals surface area contributed by atoms with Crippen molar-refractivity contribution in [2.75, 3.05) is 0 Å². The number of aromatic amines is 1. The number of hydrogen-bond donors (Lipinski definition) is 1. The summed E-state index contributed by atoms with van der Waals surface area (Å²) < 4.78 is 1.40. The van der Waals surface area contributed by atoms with Crippen LogP contribution >= 0.6 is 11.6 Å². The number of H-pyrrole nitrogens is 1. The number of aromatic nitrogens is 2. The van der Waals surface area contributed by atoms with Crippen LogP contribution in [0.25, 0.3) is 0 Å². The van der Waals surface area contributed by atoms with Gasteiger partial charge in [-0.25, -0.2) is 4.79 Å².